The largest absolute Gasteiger partial charge is 0.491 e. The van der Waals surface area contributed by atoms with E-state index >= 15 is 0 Å². The van der Waals surface area contributed by atoms with Crippen LogP contribution in [0.2, 0.25) is 0 Å². The summed E-state index contributed by atoms with van der Waals surface area (Å²) in [7, 11) is 0. The number of benzene rings is 1. The van der Waals surface area contributed by atoms with Crippen molar-refractivity contribution in [3.05, 3.63) is 64.6 Å². The zero-order valence-electron chi connectivity index (χ0n) is 18.7. The molecule has 1 aliphatic heterocycles. The Morgan fingerprint density at radius 3 is 3.06 bits per heavy atom. The smallest absolute Gasteiger partial charge is 0.237 e. The predicted molar refractivity (Wildman–Crippen MR) is 127 cm³/mol. The molecule has 7 heteroatoms. The molecule has 32 heavy (non-hydrogen) atoms. The Morgan fingerprint density at radius 2 is 2.31 bits per heavy atom. The number of carbonyl (C=O) groups is 1. The van der Waals surface area contributed by atoms with Gasteiger partial charge in [-0.1, -0.05) is 19.1 Å². The summed E-state index contributed by atoms with van der Waals surface area (Å²) in [4.78, 5) is 18.5. The first-order valence-corrected chi connectivity index (χ1v) is 12.1. The first-order valence-electron chi connectivity index (χ1n) is 11.3. The lowest BCUT2D eigenvalue weighted by molar-refractivity contribution is -0.136. The number of allylic oxidation sites excluding steroid dienone is 1. The third kappa shape index (κ3) is 6.64. The van der Waals surface area contributed by atoms with Crippen LogP contribution in [0.1, 0.15) is 42.7 Å². The molecule has 5 nitrogen and oxygen atoms in total. The Balaban J connectivity index is 1.69. The van der Waals surface area contributed by atoms with Gasteiger partial charge in [0.1, 0.15) is 18.2 Å². The molecule has 1 aromatic heterocycles. The number of aliphatic hydroxyl groups excluding tert-OH is 1. The molecule has 2 heterocycles. The van der Waals surface area contributed by atoms with E-state index in [0.29, 0.717) is 25.3 Å². The van der Waals surface area contributed by atoms with Crippen molar-refractivity contribution in [3.63, 3.8) is 0 Å². The third-order valence-electron chi connectivity index (χ3n) is 5.69. The quantitative estimate of drug-likeness (QED) is 0.476. The summed E-state index contributed by atoms with van der Waals surface area (Å²) in [5, 5.41) is 12.4. The molecule has 1 N–H and O–H groups in total. The van der Waals surface area contributed by atoms with Crippen molar-refractivity contribution in [2.75, 3.05) is 32.8 Å². The van der Waals surface area contributed by atoms with Crippen LogP contribution in [0.25, 0.3) is 0 Å². The number of thiophene rings is 1. The van der Waals surface area contributed by atoms with Crippen LogP contribution in [-0.4, -0.2) is 59.7 Å². The maximum atomic E-state index is 13.6. The molecule has 0 fully saturated rings. The highest BCUT2D eigenvalue weighted by Crippen LogP contribution is 2.34. The Morgan fingerprint density at radius 1 is 1.47 bits per heavy atom. The number of hydrogen-bond donors (Lipinski definition) is 1. The van der Waals surface area contributed by atoms with Gasteiger partial charge in [0.15, 0.2) is 0 Å². The van der Waals surface area contributed by atoms with Crippen LogP contribution in [0.3, 0.4) is 0 Å². The van der Waals surface area contributed by atoms with Crippen molar-refractivity contribution >= 4 is 17.2 Å². The van der Waals surface area contributed by atoms with Gasteiger partial charge in [-0.3, -0.25) is 9.69 Å². The lowest BCUT2D eigenvalue weighted by atomic mass is 10.0. The highest BCUT2D eigenvalue weighted by atomic mass is 32.1. The van der Waals surface area contributed by atoms with Gasteiger partial charge >= 0.3 is 0 Å². The summed E-state index contributed by atoms with van der Waals surface area (Å²) in [6.45, 7) is 8.15. The van der Waals surface area contributed by atoms with E-state index in [1.165, 1.54) is 17.0 Å². The van der Waals surface area contributed by atoms with Gasteiger partial charge in [0.25, 0.3) is 0 Å². The Kier molecular flexibility index (Phi) is 9.26. The van der Waals surface area contributed by atoms with E-state index in [-0.39, 0.29) is 30.9 Å². The van der Waals surface area contributed by atoms with E-state index in [0.717, 1.165) is 31.4 Å². The molecule has 0 bridgehead atoms. The third-order valence-corrected chi connectivity index (χ3v) is 6.69. The standard InChI is InChI=1S/C25H33FN2O3S/c1-3-5-8-20(29)16-27(12-4-2)17-25(30)28-13-10-24-22(11-14-32-24)23(28)18-31-21-9-6-7-19(26)15-21/h3,6-7,9,11,14-15,20,23,29H,1,4-5,8,10,12-13,16-18H2,2H3/t20-,23+/m0/s1. The normalized spacial score (nSPS) is 16.6. The zero-order chi connectivity index (χ0) is 22.9. The fraction of sp³-hybridized carbons (Fsp3) is 0.480. The minimum atomic E-state index is -0.482. The average Bonchev–Trinajstić information content (AvgIpc) is 3.25. The zero-order valence-corrected chi connectivity index (χ0v) is 19.5. The Hall–Kier alpha value is -2.22. The van der Waals surface area contributed by atoms with Gasteiger partial charge < -0.3 is 14.7 Å². The van der Waals surface area contributed by atoms with Gasteiger partial charge in [-0.2, -0.15) is 0 Å². The summed E-state index contributed by atoms with van der Waals surface area (Å²) in [6.07, 6.45) is 4.44. The highest BCUT2D eigenvalue weighted by Gasteiger charge is 2.33. The molecule has 2 aromatic rings. The number of ether oxygens (including phenoxy) is 1. The summed E-state index contributed by atoms with van der Waals surface area (Å²) < 4.78 is 19.5. The Labute approximate surface area is 194 Å². The van der Waals surface area contributed by atoms with E-state index in [1.807, 2.05) is 15.2 Å². The molecule has 3 rings (SSSR count). The first kappa shape index (κ1) is 24.4. The van der Waals surface area contributed by atoms with Gasteiger partial charge in [0.05, 0.1) is 18.7 Å². The van der Waals surface area contributed by atoms with E-state index in [2.05, 4.69) is 19.6 Å². The molecule has 0 saturated heterocycles. The average molecular weight is 461 g/mol. The van der Waals surface area contributed by atoms with E-state index in [4.69, 9.17) is 4.74 Å². The number of nitrogens with zero attached hydrogens (tertiary/aromatic N) is 2. The van der Waals surface area contributed by atoms with Crippen LogP contribution in [0.4, 0.5) is 4.39 Å². The van der Waals surface area contributed by atoms with E-state index in [1.54, 1.807) is 29.5 Å². The maximum absolute atomic E-state index is 13.6. The van der Waals surface area contributed by atoms with Crippen molar-refractivity contribution in [2.24, 2.45) is 0 Å². The second kappa shape index (κ2) is 12.1. The fourth-order valence-electron chi connectivity index (χ4n) is 4.14. The fourth-order valence-corrected chi connectivity index (χ4v) is 5.07. The molecular formula is C25H33FN2O3S. The molecule has 0 spiro atoms. The van der Waals surface area contributed by atoms with Crippen LogP contribution in [0, 0.1) is 5.82 Å². The number of amides is 1. The van der Waals surface area contributed by atoms with Crippen molar-refractivity contribution in [2.45, 2.75) is 44.8 Å². The van der Waals surface area contributed by atoms with Crippen LogP contribution in [0.15, 0.2) is 48.4 Å². The summed E-state index contributed by atoms with van der Waals surface area (Å²) in [5.41, 5.74) is 1.11. The molecule has 0 radical (unpaired) electrons. The second-order valence-electron chi connectivity index (χ2n) is 8.18. The van der Waals surface area contributed by atoms with Crippen molar-refractivity contribution in [1.82, 2.24) is 9.80 Å². The molecule has 0 saturated carbocycles. The van der Waals surface area contributed by atoms with Crippen molar-refractivity contribution in [3.8, 4) is 5.75 Å². The minimum absolute atomic E-state index is 0.0269. The number of carbonyl (C=O) groups excluding carboxylic acids is 1. The van der Waals surface area contributed by atoms with E-state index in [9.17, 15) is 14.3 Å². The van der Waals surface area contributed by atoms with Crippen molar-refractivity contribution in [1.29, 1.82) is 0 Å². The summed E-state index contributed by atoms with van der Waals surface area (Å²) in [5.74, 6) is 0.136. The van der Waals surface area contributed by atoms with Crippen LogP contribution in [0.5, 0.6) is 5.75 Å². The molecule has 1 amide bonds. The Bertz CT molecular complexity index is 888. The summed E-state index contributed by atoms with van der Waals surface area (Å²) in [6, 6.07) is 7.92. The monoisotopic (exact) mass is 460 g/mol. The highest BCUT2D eigenvalue weighted by molar-refractivity contribution is 7.10. The number of rotatable bonds is 12. The molecule has 1 aliphatic rings. The second-order valence-corrected chi connectivity index (χ2v) is 9.18. The molecule has 1 aromatic carbocycles. The molecule has 174 valence electrons. The summed E-state index contributed by atoms with van der Waals surface area (Å²) >= 11 is 1.70. The molecule has 0 unspecified atom stereocenters. The molecule has 0 aliphatic carbocycles. The number of halogens is 1. The molecular weight excluding hydrogens is 427 g/mol. The number of fused-ring (bicyclic) bond motifs is 1. The number of hydrogen-bond acceptors (Lipinski definition) is 5. The van der Waals surface area contributed by atoms with Crippen molar-refractivity contribution < 1.29 is 19.0 Å². The van der Waals surface area contributed by atoms with Gasteiger partial charge in [-0.25, -0.2) is 4.39 Å². The van der Waals surface area contributed by atoms with Gasteiger partial charge in [0, 0.05) is 24.0 Å². The van der Waals surface area contributed by atoms with Gasteiger partial charge in [-0.15, -0.1) is 17.9 Å². The SMILES string of the molecule is C=CCC[C@H](O)CN(CCC)CC(=O)N1CCc2sccc2[C@H]1COc1cccc(F)c1. The van der Waals surface area contributed by atoms with Crippen LogP contribution < -0.4 is 4.74 Å². The minimum Gasteiger partial charge on any atom is -0.491 e. The van der Waals surface area contributed by atoms with Gasteiger partial charge in [0.2, 0.25) is 5.91 Å². The van der Waals surface area contributed by atoms with Gasteiger partial charge in [-0.05, 0) is 61.4 Å². The maximum Gasteiger partial charge on any atom is 0.237 e. The lowest BCUT2D eigenvalue weighted by Crippen LogP contribution is -2.47. The first-order chi connectivity index (χ1) is 15.5. The van der Waals surface area contributed by atoms with Crippen LogP contribution >= 0.6 is 11.3 Å². The van der Waals surface area contributed by atoms with Crippen LogP contribution in [-0.2, 0) is 11.2 Å². The molecule has 2 atom stereocenters. The van der Waals surface area contributed by atoms with E-state index < -0.39 is 6.10 Å². The predicted octanol–water partition coefficient (Wildman–Crippen LogP) is 4.43. The topological polar surface area (TPSA) is 53.0 Å². The lowest BCUT2D eigenvalue weighted by Gasteiger charge is -2.37. The number of aliphatic hydroxyl groups is 1.